The summed E-state index contributed by atoms with van der Waals surface area (Å²) in [6, 6.07) is 12.3. The Bertz CT molecular complexity index is 690. The molecule has 22 heavy (non-hydrogen) atoms. The molecule has 2 aromatic rings. The highest BCUT2D eigenvalue weighted by Gasteiger charge is 2.13. The quantitative estimate of drug-likeness (QED) is 0.861. The number of hydrogen-bond donors (Lipinski definition) is 1. The topological polar surface area (TPSA) is 56.8 Å². The first-order chi connectivity index (χ1) is 10.7. The molecule has 0 atom stereocenters. The fraction of sp³-hybridized carbons (Fsp3) is 0.188. The second kappa shape index (κ2) is 6.58. The zero-order chi connectivity index (χ0) is 15.4. The van der Waals surface area contributed by atoms with E-state index in [-0.39, 0.29) is 12.7 Å². The number of rotatable bonds is 5. The van der Waals surface area contributed by atoms with Gasteiger partial charge in [0.1, 0.15) is 12.4 Å². The van der Waals surface area contributed by atoms with Gasteiger partial charge in [-0.25, -0.2) is 0 Å². The molecule has 6 heteroatoms. The molecule has 1 amide bonds. The summed E-state index contributed by atoms with van der Waals surface area (Å²) in [5, 5.41) is 3.19. The van der Waals surface area contributed by atoms with Crippen LogP contribution < -0.4 is 19.5 Å². The molecule has 1 aliphatic rings. The molecule has 0 unspecified atom stereocenters. The monoisotopic (exact) mass is 319 g/mol. The Morgan fingerprint density at radius 2 is 2.00 bits per heavy atom. The summed E-state index contributed by atoms with van der Waals surface area (Å²) in [7, 11) is 0. The maximum atomic E-state index is 11.9. The van der Waals surface area contributed by atoms with Gasteiger partial charge in [-0.3, -0.25) is 4.79 Å². The Morgan fingerprint density at radius 3 is 2.86 bits per heavy atom. The number of halogens is 1. The predicted molar refractivity (Wildman–Crippen MR) is 81.8 cm³/mol. The maximum absolute atomic E-state index is 11.9. The van der Waals surface area contributed by atoms with E-state index < -0.39 is 0 Å². The molecule has 0 saturated carbocycles. The van der Waals surface area contributed by atoms with Crippen LogP contribution in [0.1, 0.15) is 10.4 Å². The summed E-state index contributed by atoms with van der Waals surface area (Å²) >= 11 is 5.96. The molecule has 114 valence electrons. The van der Waals surface area contributed by atoms with E-state index in [0.717, 1.165) is 0 Å². The van der Waals surface area contributed by atoms with Gasteiger partial charge in [-0.1, -0.05) is 23.7 Å². The molecule has 1 aliphatic heterocycles. The molecule has 1 heterocycles. The fourth-order valence-corrected chi connectivity index (χ4v) is 2.26. The number of ether oxygens (including phenoxy) is 3. The van der Waals surface area contributed by atoms with E-state index in [1.807, 2.05) is 0 Å². The molecule has 0 spiro atoms. The smallest absolute Gasteiger partial charge is 0.252 e. The van der Waals surface area contributed by atoms with Crippen LogP contribution in [-0.2, 0) is 0 Å². The normalized spacial score (nSPS) is 12.0. The summed E-state index contributed by atoms with van der Waals surface area (Å²) in [5.41, 5.74) is 0.451. The van der Waals surface area contributed by atoms with Gasteiger partial charge >= 0.3 is 0 Å². The molecule has 5 nitrogen and oxygen atoms in total. The van der Waals surface area contributed by atoms with Crippen LogP contribution in [0.5, 0.6) is 17.2 Å². The second-order valence-corrected chi connectivity index (χ2v) is 5.01. The summed E-state index contributed by atoms with van der Waals surface area (Å²) in [4.78, 5) is 11.9. The van der Waals surface area contributed by atoms with Crippen LogP contribution in [0.25, 0.3) is 0 Å². The summed E-state index contributed by atoms with van der Waals surface area (Å²) < 4.78 is 16.1. The Labute approximate surface area is 132 Å². The average Bonchev–Trinajstić information content (AvgIpc) is 2.99. The summed E-state index contributed by atoms with van der Waals surface area (Å²) in [5.74, 6) is 1.81. The maximum Gasteiger partial charge on any atom is 0.252 e. The van der Waals surface area contributed by atoms with Crippen LogP contribution in [0.2, 0.25) is 5.02 Å². The molecular formula is C16H14ClNO4. The SMILES string of the molecule is O=C(NCCOc1ccc2c(c1)OCO2)c1ccccc1Cl. The third kappa shape index (κ3) is 3.26. The highest BCUT2D eigenvalue weighted by molar-refractivity contribution is 6.33. The van der Waals surface area contributed by atoms with E-state index in [9.17, 15) is 4.79 Å². The van der Waals surface area contributed by atoms with Crippen LogP contribution in [0.4, 0.5) is 0 Å². The predicted octanol–water partition coefficient (Wildman–Crippen LogP) is 2.88. The molecule has 3 rings (SSSR count). The van der Waals surface area contributed by atoms with Gasteiger partial charge < -0.3 is 19.5 Å². The number of hydrogen-bond acceptors (Lipinski definition) is 4. The van der Waals surface area contributed by atoms with Crippen molar-refractivity contribution in [3.63, 3.8) is 0 Å². The second-order valence-electron chi connectivity index (χ2n) is 4.60. The van der Waals surface area contributed by atoms with Crippen LogP contribution in [0.3, 0.4) is 0 Å². The number of carbonyl (C=O) groups is 1. The van der Waals surface area contributed by atoms with E-state index in [2.05, 4.69) is 5.32 Å². The van der Waals surface area contributed by atoms with Crippen molar-refractivity contribution in [2.75, 3.05) is 19.9 Å². The zero-order valence-corrected chi connectivity index (χ0v) is 12.4. The van der Waals surface area contributed by atoms with E-state index in [4.69, 9.17) is 25.8 Å². The van der Waals surface area contributed by atoms with Crippen molar-refractivity contribution < 1.29 is 19.0 Å². The van der Waals surface area contributed by atoms with Crippen molar-refractivity contribution in [2.24, 2.45) is 0 Å². The van der Waals surface area contributed by atoms with E-state index in [0.29, 0.717) is 41.0 Å². The van der Waals surface area contributed by atoms with Crippen LogP contribution >= 0.6 is 11.6 Å². The third-order valence-electron chi connectivity index (χ3n) is 3.12. The van der Waals surface area contributed by atoms with Crippen LogP contribution in [-0.4, -0.2) is 25.9 Å². The number of nitrogens with one attached hydrogen (secondary N) is 1. The minimum absolute atomic E-state index is 0.222. The fourth-order valence-electron chi connectivity index (χ4n) is 2.04. The van der Waals surface area contributed by atoms with Gasteiger partial charge in [0.05, 0.1) is 17.1 Å². The highest BCUT2D eigenvalue weighted by atomic mass is 35.5. The zero-order valence-electron chi connectivity index (χ0n) is 11.7. The Kier molecular flexibility index (Phi) is 4.34. The lowest BCUT2D eigenvalue weighted by Crippen LogP contribution is -2.28. The Hall–Kier alpha value is -2.40. The van der Waals surface area contributed by atoms with Crippen molar-refractivity contribution in [3.05, 3.63) is 53.1 Å². The number of fused-ring (bicyclic) bond motifs is 1. The third-order valence-corrected chi connectivity index (χ3v) is 3.45. The molecular weight excluding hydrogens is 306 g/mol. The molecule has 1 N–H and O–H groups in total. The standard InChI is InChI=1S/C16H14ClNO4/c17-13-4-2-1-3-12(13)16(19)18-7-8-20-11-5-6-14-15(9-11)22-10-21-14/h1-6,9H,7-8,10H2,(H,18,19). The molecule has 0 aromatic heterocycles. The lowest BCUT2D eigenvalue weighted by atomic mass is 10.2. The van der Waals surface area contributed by atoms with Gasteiger partial charge in [0, 0.05) is 6.07 Å². The Balaban J connectivity index is 1.48. The molecule has 0 radical (unpaired) electrons. The van der Waals surface area contributed by atoms with Crippen molar-refractivity contribution in [1.29, 1.82) is 0 Å². The highest BCUT2D eigenvalue weighted by Crippen LogP contribution is 2.34. The van der Waals surface area contributed by atoms with Gasteiger partial charge in [-0.15, -0.1) is 0 Å². The average molecular weight is 320 g/mol. The van der Waals surface area contributed by atoms with Crippen molar-refractivity contribution >= 4 is 17.5 Å². The van der Waals surface area contributed by atoms with Crippen LogP contribution in [0.15, 0.2) is 42.5 Å². The first-order valence-electron chi connectivity index (χ1n) is 6.79. The van der Waals surface area contributed by atoms with Crippen LogP contribution in [0, 0.1) is 0 Å². The summed E-state index contributed by atoms with van der Waals surface area (Å²) in [6.45, 7) is 0.945. The summed E-state index contributed by atoms with van der Waals surface area (Å²) in [6.07, 6.45) is 0. The van der Waals surface area contributed by atoms with E-state index >= 15 is 0 Å². The minimum Gasteiger partial charge on any atom is -0.492 e. The number of amides is 1. The van der Waals surface area contributed by atoms with Gasteiger partial charge in [-0.05, 0) is 24.3 Å². The first kappa shape index (κ1) is 14.5. The molecule has 2 aromatic carbocycles. The van der Waals surface area contributed by atoms with E-state index in [1.165, 1.54) is 0 Å². The lowest BCUT2D eigenvalue weighted by molar-refractivity contribution is 0.0947. The van der Waals surface area contributed by atoms with Crippen molar-refractivity contribution in [2.45, 2.75) is 0 Å². The largest absolute Gasteiger partial charge is 0.492 e. The molecule has 0 fully saturated rings. The molecule has 0 saturated heterocycles. The van der Waals surface area contributed by atoms with Gasteiger partial charge in [-0.2, -0.15) is 0 Å². The Morgan fingerprint density at radius 1 is 1.18 bits per heavy atom. The first-order valence-corrected chi connectivity index (χ1v) is 7.17. The van der Waals surface area contributed by atoms with Crippen molar-refractivity contribution in [3.8, 4) is 17.2 Å². The number of benzene rings is 2. The lowest BCUT2D eigenvalue weighted by Gasteiger charge is -2.09. The number of carbonyl (C=O) groups excluding carboxylic acids is 1. The van der Waals surface area contributed by atoms with E-state index in [1.54, 1.807) is 42.5 Å². The van der Waals surface area contributed by atoms with Gasteiger partial charge in [0.25, 0.3) is 5.91 Å². The van der Waals surface area contributed by atoms with Gasteiger partial charge in [0.2, 0.25) is 6.79 Å². The van der Waals surface area contributed by atoms with Crippen molar-refractivity contribution in [1.82, 2.24) is 5.32 Å². The molecule has 0 bridgehead atoms. The molecule has 0 aliphatic carbocycles. The minimum atomic E-state index is -0.222. The van der Waals surface area contributed by atoms with Gasteiger partial charge in [0.15, 0.2) is 11.5 Å².